The fraction of sp³-hybridized carbons (Fsp3) is 0.250. The molecule has 2 aromatic heterocycles. The summed E-state index contributed by atoms with van der Waals surface area (Å²) >= 11 is 1.45. The maximum absolute atomic E-state index is 12.5. The molecule has 0 bridgehead atoms. The molecule has 3 aromatic rings. The van der Waals surface area contributed by atoms with Gasteiger partial charge in [-0.05, 0) is 18.6 Å². The molecule has 3 heterocycles. The first-order valence-electron chi connectivity index (χ1n) is 8.68. The van der Waals surface area contributed by atoms with E-state index >= 15 is 0 Å². The molecule has 1 amide bonds. The highest BCUT2D eigenvalue weighted by molar-refractivity contribution is 7.23. The van der Waals surface area contributed by atoms with E-state index in [4.69, 9.17) is 15.2 Å². The quantitative estimate of drug-likeness (QED) is 0.708. The lowest BCUT2D eigenvalue weighted by atomic mass is 9.85. The number of benzene rings is 1. The van der Waals surface area contributed by atoms with Crippen molar-refractivity contribution in [1.82, 2.24) is 0 Å². The predicted octanol–water partition coefficient (Wildman–Crippen LogP) is 2.97. The van der Waals surface area contributed by atoms with E-state index < -0.39 is 0 Å². The van der Waals surface area contributed by atoms with Gasteiger partial charge in [-0.3, -0.25) is 10.5 Å². The van der Waals surface area contributed by atoms with E-state index in [2.05, 4.69) is 16.4 Å². The minimum absolute atomic E-state index is 0.0694. The number of nitrogen functional groups attached to an aromatic ring is 1. The minimum atomic E-state index is -0.231. The summed E-state index contributed by atoms with van der Waals surface area (Å²) in [6.45, 7) is 1.87. The summed E-state index contributed by atoms with van der Waals surface area (Å²) in [6.07, 6.45) is 0.273. The summed E-state index contributed by atoms with van der Waals surface area (Å²) in [6, 6.07) is 7.80. The van der Waals surface area contributed by atoms with Crippen molar-refractivity contribution in [3.8, 4) is 17.6 Å². The molecule has 0 saturated heterocycles. The zero-order valence-corrected chi connectivity index (χ0v) is 16.5. The number of rotatable bonds is 3. The fourth-order valence-corrected chi connectivity index (χ4v) is 5.07. The SMILES string of the molecule is COc1cccc([C@H]2CC(=O)Nc3sc4c(C)c(C#N)c(N)[nH+]c4c32)c1OC. The van der Waals surface area contributed by atoms with Gasteiger partial charge in [0.25, 0.3) is 5.82 Å². The molecule has 1 atom stereocenters. The van der Waals surface area contributed by atoms with Crippen LogP contribution in [-0.4, -0.2) is 20.1 Å². The third kappa shape index (κ3) is 2.55. The van der Waals surface area contributed by atoms with Crippen LogP contribution in [0.4, 0.5) is 10.8 Å². The average molecular weight is 395 g/mol. The number of aromatic nitrogens is 1. The molecule has 0 spiro atoms. The molecule has 1 aliphatic rings. The molecule has 4 rings (SSSR count). The lowest BCUT2D eigenvalue weighted by molar-refractivity contribution is -0.327. The Balaban J connectivity index is 2.03. The van der Waals surface area contributed by atoms with Gasteiger partial charge in [0, 0.05) is 23.5 Å². The second kappa shape index (κ2) is 6.69. The van der Waals surface area contributed by atoms with Crippen LogP contribution in [0.1, 0.15) is 34.6 Å². The Labute approximate surface area is 165 Å². The molecule has 0 unspecified atom stereocenters. The number of pyridine rings is 1. The standard InChI is InChI=1S/C20H18N4O3S/c1-9-12(8-21)19(22)24-16-15-11(7-14(25)23-20(15)28-18(9)16)10-5-4-6-13(26-2)17(10)27-3/h4-6,11H,7H2,1-3H3,(H2,22,24)(H,23,25)/p+1/t11-/m1/s1. The van der Waals surface area contributed by atoms with Crippen molar-refractivity contribution >= 4 is 38.3 Å². The smallest absolute Gasteiger partial charge is 0.289 e. The van der Waals surface area contributed by atoms with Gasteiger partial charge in [0.05, 0.1) is 18.9 Å². The van der Waals surface area contributed by atoms with Crippen LogP contribution in [0.5, 0.6) is 11.5 Å². The van der Waals surface area contributed by atoms with Crippen molar-refractivity contribution in [2.45, 2.75) is 19.3 Å². The molecule has 1 aliphatic heterocycles. The summed E-state index contributed by atoms with van der Waals surface area (Å²) in [4.78, 5) is 15.6. The molecule has 7 nitrogen and oxygen atoms in total. The van der Waals surface area contributed by atoms with Crippen molar-refractivity contribution in [2.24, 2.45) is 0 Å². The van der Waals surface area contributed by atoms with Crippen molar-refractivity contribution < 1.29 is 19.3 Å². The lowest BCUT2D eigenvalue weighted by Crippen LogP contribution is -2.24. The van der Waals surface area contributed by atoms with Gasteiger partial charge in [-0.1, -0.05) is 12.1 Å². The number of hydrogen-bond donors (Lipinski definition) is 2. The highest BCUT2D eigenvalue weighted by atomic mass is 32.1. The number of para-hydroxylation sites is 1. The first-order chi connectivity index (χ1) is 13.5. The van der Waals surface area contributed by atoms with E-state index in [-0.39, 0.29) is 18.2 Å². The Bertz CT molecular complexity index is 1160. The van der Waals surface area contributed by atoms with Crippen molar-refractivity contribution in [2.75, 3.05) is 25.3 Å². The number of carbonyl (C=O) groups excluding carboxylic acids is 1. The van der Waals surface area contributed by atoms with Crippen LogP contribution in [0.15, 0.2) is 18.2 Å². The van der Waals surface area contributed by atoms with Crippen LogP contribution in [0.3, 0.4) is 0 Å². The largest absolute Gasteiger partial charge is 0.493 e. The van der Waals surface area contributed by atoms with Crippen LogP contribution < -0.4 is 25.5 Å². The van der Waals surface area contributed by atoms with Crippen molar-refractivity contribution in [1.29, 1.82) is 5.26 Å². The average Bonchev–Trinajstić information content (AvgIpc) is 3.05. The summed E-state index contributed by atoms with van der Waals surface area (Å²) in [7, 11) is 3.17. The number of amides is 1. The minimum Gasteiger partial charge on any atom is -0.493 e. The van der Waals surface area contributed by atoms with E-state index in [1.807, 2.05) is 25.1 Å². The third-order valence-electron chi connectivity index (χ3n) is 5.10. The molecule has 0 radical (unpaired) electrons. The number of ether oxygens (including phenoxy) is 2. The molecule has 8 heteroatoms. The van der Waals surface area contributed by atoms with E-state index in [1.165, 1.54) is 11.3 Å². The number of nitriles is 1. The molecular weight excluding hydrogens is 376 g/mol. The third-order valence-corrected chi connectivity index (χ3v) is 6.34. The van der Waals surface area contributed by atoms with Crippen LogP contribution in [0.25, 0.3) is 10.2 Å². The maximum Gasteiger partial charge on any atom is 0.289 e. The number of nitrogens with two attached hydrogens (primary N) is 1. The number of aromatic amines is 1. The first kappa shape index (κ1) is 18.1. The first-order valence-corrected chi connectivity index (χ1v) is 9.50. The van der Waals surface area contributed by atoms with Gasteiger partial charge in [0.2, 0.25) is 5.91 Å². The number of H-pyrrole nitrogens is 1. The number of aryl methyl sites for hydroxylation is 1. The van der Waals surface area contributed by atoms with Gasteiger partial charge >= 0.3 is 0 Å². The van der Waals surface area contributed by atoms with Gasteiger partial charge in [0.15, 0.2) is 11.5 Å². The molecule has 0 aliphatic carbocycles. The van der Waals surface area contributed by atoms with Gasteiger partial charge < -0.3 is 14.8 Å². The molecule has 28 heavy (non-hydrogen) atoms. The van der Waals surface area contributed by atoms with E-state index in [0.29, 0.717) is 22.9 Å². The summed E-state index contributed by atoms with van der Waals surface area (Å²) in [5.74, 6) is 1.24. The second-order valence-electron chi connectivity index (χ2n) is 6.59. The van der Waals surface area contributed by atoms with E-state index in [1.54, 1.807) is 14.2 Å². The van der Waals surface area contributed by atoms with Gasteiger partial charge in [0.1, 0.15) is 22.2 Å². The second-order valence-corrected chi connectivity index (χ2v) is 7.61. The molecule has 1 aromatic carbocycles. The highest BCUT2D eigenvalue weighted by Gasteiger charge is 2.35. The van der Waals surface area contributed by atoms with Crippen molar-refractivity contribution in [3.63, 3.8) is 0 Å². The molecule has 4 N–H and O–H groups in total. The monoisotopic (exact) mass is 395 g/mol. The Morgan fingerprint density at radius 2 is 2.14 bits per heavy atom. The van der Waals surface area contributed by atoms with Crippen LogP contribution in [-0.2, 0) is 4.79 Å². The Kier molecular flexibility index (Phi) is 4.32. The molecule has 0 saturated carbocycles. The van der Waals surface area contributed by atoms with Crippen LogP contribution in [0, 0.1) is 18.3 Å². The topological polar surface area (TPSA) is 112 Å². The number of thiophene rings is 1. The lowest BCUT2D eigenvalue weighted by Gasteiger charge is -2.25. The Morgan fingerprint density at radius 3 is 2.82 bits per heavy atom. The van der Waals surface area contributed by atoms with E-state index in [0.717, 1.165) is 31.9 Å². The number of fused-ring (bicyclic) bond motifs is 3. The summed E-state index contributed by atoms with van der Waals surface area (Å²) in [5, 5.41) is 13.1. The van der Waals surface area contributed by atoms with Gasteiger partial charge in [-0.2, -0.15) is 5.26 Å². The fourth-order valence-electron chi connectivity index (χ4n) is 3.83. The molecule has 142 valence electrons. The zero-order valence-electron chi connectivity index (χ0n) is 15.7. The zero-order chi connectivity index (χ0) is 20.0. The van der Waals surface area contributed by atoms with Crippen LogP contribution in [0.2, 0.25) is 0 Å². The highest BCUT2D eigenvalue weighted by Crippen LogP contribution is 2.49. The molecular formula is C20H19N4O3S+. The van der Waals surface area contributed by atoms with Crippen LogP contribution >= 0.6 is 11.3 Å². The number of methoxy groups -OCH3 is 2. The number of hydrogen-bond acceptors (Lipinski definition) is 6. The molecule has 0 fully saturated rings. The summed E-state index contributed by atoms with van der Waals surface area (Å²) < 4.78 is 12.0. The normalized spacial score (nSPS) is 15.6. The predicted molar refractivity (Wildman–Crippen MR) is 107 cm³/mol. The number of carbonyl (C=O) groups is 1. The Morgan fingerprint density at radius 1 is 1.36 bits per heavy atom. The van der Waals surface area contributed by atoms with Gasteiger partial charge in [-0.15, -0.1) is 11.3 Å². The number of anilines is 2. The Hall–Kier alpha value is -3.31. The van der Waals surface area contributed by atoms with E-state index in [9.17, 15) is 10.1 Å². The summed E-state index contributed by atoms with van der Waals surface area (Å²) in [5.41, 5.74) is 9.98. The number of nitrogens with one attached hydrogen (secondary N) is 2. The number of nitrogens with zero attached hydrogens (tertiary/aromatic N) is 1. The van der Waals surface area contributed by atoms with Crippen molar-refractivity contribution in [3.05, 3.63) is 40.5 Å². The van der Waals surface area contributed by atoms with Gasteiger partial charge in [-0.25, -0.2) is 4.98 Å². The maximum atomic E-state index is 12.5.